The Labute approximate surface area is 119 Å². The summed E-state index contributed by atoms with van der Waals surface area (Å²) in [6.45, 7) is 3.92. The van der Waals surface area contributed by atoms with Crippen LogP contribution in [0.15, 0.2) is 30.3 Å². The molecule has 1 aliphatic carbocycles. The Morgan fingerprint density at radius 2 is 1.80 bits per heavy atom. The van der Waals surface area contributed by atoms with Crippen molar-refractivity contribution in [3.05, 3.63) is 35.9 Å². The van der Waals surface area contributed by atoms with E-state index in [2.05, 4.69) is 5.32 Å². The van der Waals surface area contributed by atoms with Gasteiger partial charge in [0.15, 0.2) is 0 Å². The average Bonchev–Trinajstić information content (AvgIpc) is 2.82. The highest BCUT2D eigenvalue weighted by Gasteiger charge is 2.41. The molecule has 1 saturated carbocycles. The summed E-state index contributed by atoms with van der Waals surface area (Å²) in [5.74, 6) is -1.67. The maximum Gasteiger partial charge on any atom is 0.307 e. The minimum atomic E-state index is -0.859. The molecule has 2 rings (SSSR count). The lowest BCUT2D eigenvalue weighted by Gasteiger charge is -2.20. The molecule has 20 heavy (non-hydrogen) atoms. The van der Waals surface area contributed by atoms with Gasteiger partial charge in [0, 0.05) is 0 Å². The standard InChI is InChI=1S/C16H21NO3/c1-10-8-13(14(9-10)16(19)20)15(18)17-11(2)12-6-4-3-5-7-12/h3-7,10-11,13-14H,8-9H2,1-2H3,(H,17,18)(H,19,20)/t10?,11-,13+,14-/m1/s1. The summed E-state index contributed by atoms with van der Waals surface area (Å²) in [4.78, 5) is 23.6. The van der Waals surface area contributed by atoms with Gasteiger partial charge in [0.1, 0.15) is 0 Å². The molecule has 2 N–H and O–H groups in total. The second kappa shape index (κ2) is 6.07. The van der Waals surface area contributed by atoms with Crippen LogP contribution < -0.4 is 5.32 Å². The molecule has 0 aromatic heterocycles. The van der Waals surface area contributed by atoms with Crippen LogP contribution in [0.4, 0.5) is 0 Å². The molecule has 1 fully saturated rings. The van der Waals surface area contributed by atoms with E-state index in [4.69, 9.17) is 0 Å². The van der Waals surface area contributed by atoms with Crippen molar-refractivity contribution in [2.24, 2.45) is 17.8 Å². The molecule has 1 aliphatic rings. The van der Waals surface area contributed by atoms with Crippen molar-refractivity contribution < 1.29 is 14.7 Å². The number of carboxylic acid groups (broad SMARTS) is 1. The quantitative estimate of drug-likeness (QED) is 0.887. The van der Waals surface area contributed by atoms with Gasteiger partial charge in [-0.15, -0.1) is 0 Å². The van der Waals surface area contributed by atoms with Crippen LogP contribution in [-0.2, 0) is 9.59 Å². The van der Waals surface area contributed by atoms with Crippen LogP contribution in [0, 0.1) is 17.8 Å². The van der Waals surface area contributed by atoms with E-state index in [1.807, 2.05) is 44.2 Å². The third-order valence-corrected chi connectivity index (χ3v) is 4.11. The zero-order chi connectivity index (χ0) is 14.7. The van der Waals surface area contributed by atoms with Crippen molar-refractivity contribution in [2.45, 2.75) is 32.7 Å². The molecule has 0 bridgehead atoms. The minimum absolute atomic E-state index is 0.103. The Morgan fingerprint density at radius 3 is 2.40 bits per heavy atom. The summed E-state index contributed by atoms with van der Waals surface area (Å²) in [7, 11) is 0. The zero-order valence-electron chi connectivity index (χ0n) is 11.9. The van der Waals surface area contributed by atoms with Crippen molar-refractivity contribution >= 4 is 11.9 Å². The molecule has 0 heterocycles. The van der Waals surface area contributed by atoms with Crippen molar-refractivity contribution in [2.75, 3.05) is 0 Å². The summed E-state index contributed by atoms with van der Waals surface area (Å²) in [5, 5.41) is 12.2. The fourth-order valence-corrected chi connectivity index (χ4v) is 3.00. The molecule has 1 unspecified atom stereocenters. The number of carboxylic acids is 1. The first-order valence-electron chi connectivity index (χ1n) is 7.07. The molecule has 0 aliphatic heterocycles. The second-order valence-electron chi connectivity index (χ2n) is 5.77. The number of carbonyl (C=O) groups excluding carboxylic acids is 1. The number of hydrogen-bond donors (Lipinski definition) is 2. The molecule has 108 valence electrons. The topological polar surface area (TPSA) is 66.4 Å². The monoisotopic (exact) mass is 275 g/mol. The van der Waals surface area contributed by atoms with Gasteiger partial charge >= 0.3 is 5.97 Å². The Hall–Kier alpha value is -1.84. The van der Waals surface area contributed by atoms with Crippen LogP contribution in [0.2, 0.25) is 0 Å². The third-order valence-electron chi connectivity index (χ3n) is 4.11. The van der Waals surface area contributed by atoms with E-state index in [1.54, 1.807) is 0 Å². The maximum absolute atomic E-state index is 12.3. The number of hydrogen-bond acceptors (Lipinski definition) is 2. The van der Waals surface area contributed by atoms with Crippen molar-refractivity contribution in [3.8, 4) is 0 Å². The van der Waals surface area contributed by atoms with Gasteiger partial charge in [-0.2, -0.15) is 0 Å². The van der Waals surface area contributed by atoms with Gasteiger partial charge in [0.2, 0.25) is 5.91 Å². The summed E-state index contributed by atoms with van der Waals surface area (Å²) in [5.41, 5.74) is 1.03. The smallest absolute Gasteiger partial charge is 0.307 e. The molecule has 4 heteroatoms. The van der Waals surface area contributed by atoms with Crippen LogP contribution >= 0.6 is 0 Å². The molecule has 1 aromatic carbocycles. The van der Waals surface area contributed by atoms with Crippen LogP contribution in [0.1, 0.15) is 38.3 Å². The molecule has 0 radical (unpaired) electrons. The van der Waals surface area contributed by atoms with E-state index in [9.17, 15) is 14.7 Å². The second-order valence-corrected chi connectivity index (χ2v) is 5.77. The van der Waals surface area contributed by atoms with Crippen LogP contribution in [0.3, 0.4) is 0 Å². The first kappa shape index (κ1) is 14.6. The van der Waals surface area contributed by atoms with E-state index in [1.165, 1.54) is 0 Å². The number of rotatable bonds is 4. The lowest BCUT2D eigenvalue weighted by atomic mass is 9.94. The molecule has 0 saturated heterocycles. The van der Waals surface area contributed by atoms with E-state index in [0.717, 1.165) is 5.56 Å². The van der Waals surface area contributed by atoms with Crippen LogP contribution in [0.5, 0.6) is 0 Å². The fourth-order valence-electron chi connectivity index (χ4n) is 3.00. The van der Waals surface area contributed by atoms with E-state index >= 15 is 0 Å². The predicted octanol–water partition coefficient (Wildman–Crippen LogP) is 2.61. The van der Waals surface area contributed by atoms with Gasteiger partial charge in [-0.1, -0.05) is 37.3 Å². The first-order valence-corrected chi connectivity index (χ1v) is 7.07. The Balaban J connectivity index is 2.02. The average molecular weight is 275 g/mol. The molecule has 1 amide bonds. The van der Waals surface area contributed by atoms with Gasteiger partial charge in [-0.25, -0.2) is 0 Å². The van der Waals surface area contributed by atoms with Gasteiger partial charge in [-0.3, -0.25) is 9.59 Å². The number of aliphatic carboxylic acids is 1. The zero-order valence-corrected chi connectivity index (χ0v) is 11.9. The third kappa shape index (κ3) is 3.18. The fraction of sp³-hybridized carbons (Fsp3) is 0.500. The molecule has 1 aromatic rings. The van der Waals surface area contributed by atoms with Crippen molar-refractivity contribution in [1.29, 1.82) is 0 Å². The normalized spacial score (nSPS) is 27.0. The molecular formula is C16H21NO3. The van der Waals surface area contributed by atoms with Crippen molar-refractivity contribution in [3.63, 3.8) is 0 Å². The Kier molecular flexibility index (Phi) is 4.42. The highest BCUT2D eigenvalue weighted by Crippen LogP contribution is 2.36. The molecule has 4 atom stereocenters. The SMILES string of the molecule is CC1C[C@H](C(=O)N[C@H](C)c2ccccc2)[C@H](C(=O)O)C1. The number of benzene rings is 1. The van der Waals surface area contributed by atoms with E-state index < -0.39 is 17.8 Å². The molecular weight excluding hydrogens is 254 g/mol. The maximum atomic E-state index is 12.3. The van der Waals surface area contributed by atoms with Crippen LogP contribution in [0.25, 0.3) is 0 Å². The summed E-state index contributed by atoms with van der Waals surface area (Å²) in [6, 6.07) is 9.59. The lowest BCUT2D eigenvalue weighted by molar-refractivity contribution is -0.146. The summed E-state index contributed by atoms with van der Waals surface area (Å²) in [6.07, 6.45) is 1.25. The molecule has 4 nitrogen and oxygen atoms in total. The van der Waals surface area contributed by atoms with Gasteiger partial charge in [0.25, 0.3) is 0 Å². The highest BCUT2D eigenvalue weighted by atomic mass is 16.4. The van der Waals surface area contributed by atoms with Gasteiger partial charge in [-0.05, 0) is 31.2 Å². The first-order chi connectivity index (χ1) is 9.49. The largest absolute Gasteiger partial charge is 0.481 e. The van der Waals surface area contributed by atoms with Crippen molar-refractivity contribution in [1.82, 2.24) is 5.32 Å². The number of amides is 1. The van der Waals surface area contributed by atoms with Gasteiger partial charge < -0.3 is 10.4 Å². The Bertz CT molecular complexity index is 486. The highest BCUT2D eigenvalue weighted by molar-refractivity contribution is 5.85. The van der Waals surface area contributed by atoms with E-state index in [-0.39, 0.29) is 11.9 Å². The Morgan fingerprint density at radius 1 is 1.20 bits per heavy atom. The number of carbonyl (C=O) groups is 2. The summed E-state index contributed by atoms with van der Waals surface area (Å²) >= 11 is 0. The van der Waals surface area contributed by atoms with Crippen LogP contribution in [-0.4, -0.2) is 17.0 Å². The lowest BCUT2D eigenvalue weighted by Crippen LogP contribution is -2.36. The predicted molar refractivity (Wildman–Crippen MR) is 76.0 cm³/mol. The van der Waals surface area contributed by atoms with E-state index in [0.29, 0.717) is 18.8 Å². The molecule has 0 spiro atoms. The minimum Gasteiger partial charge on any atom is -0.481 e. The van der Waals surface area contributed by atoms with Gasteiger partial charge in [0.05, 0.1) is 17.9 Å². The number of nitrogens with one attached hydrogen (secondary N) is 1. The summed E-state index contributed by atoms with van der Waals surface area (Å²) < 4.78 is 0.